The van der Waals surface area contributed by atoms with Crippen molar-refractivity contribution in [3.8, 4) is 17.4 Å². The summed E-state index contributed by atoms with van der Waals surface area (Å²) in [6.45, 7) is 0. The number of nitrogen functional groups attached to an aromatic ring is 2. The summed E-state index contributed by atoms with van der Waals surface area (Å²) in [6.07, 6.45) is 1.59. The van der Waals surface area contributed by atoms with Gasteiger partial charge in [0.15, 0.2) is 0 Å². The Labute approximate surface area is 115 Å². The van der Waals surface area contributed by atoms with Crippen molar-refractivity contribution in [2.45, 2.75) is 0 Å². The molecule has 3 rings (SSSR count). The lowest BCUT2D eigenvalue weighted by Crippen LogP contribution is -1.96. The number of hydrogen-bond acceptors (Lipinski definition) is 5. The van der Waals surface area contributed by atoms with Crippen LogP contribution in [0.4, 0.5) is 11.4 Å². The first-order valence-electron chi connectivity index (χ1n) is 6.02. The molecule has 0 aliphatic heterocycles. The maximum absolute atomic E-state index is 5.72. The third-order valence-corrected chi connectivity index (χ3v) is 2.76. The zero-order chi connectivity index (χ0) is 13.9. The zero-order valence-electron chi connectivity index (χ0n) is 10.6. The maximum atomic E-state index is 5.72. The van der Waals surface area contributed by atoms with Gasteiger partial charge >= 0.3 is 6.01 Å². The van der Waals surface area contributed by atoms with Gasteiger partial charge in [0.05, 0.1) is 17.1 Å². The molecule has 0 saturated heterocycles. The molecule has 0 aliphatic carbocycles. The number of para-hydroxylation sites is 1. The average molecular weight is 267 g/mol. The molecule has 0 fully saturated rings. The van der Waals surface area contributed by atoms with Crippen LogP contribution in [0, 0.1) is 0 Å². The highest BCUT2D eigenvalue weighted by Crippen LogP contribution is 2.24. The van der Waals surface area contributed by atoms with Crippen molar-refractivity contribution in [1.29, 1.82) is 0 Å². The molecule has 0 bridgehead atoms. The first-order chi connectivity index (χ1) is 9.72. The minimum absolute atomic E-state index is 0.248. The Balaban J connectivity index is 1.82. The summed E-state index contributed by atoms with van der Waals surface area (Å²) in [5.74, 6) is 0.544. The lowest BCUT2D eigenvalue weighted by atomic mass is 10.2. The smallest absolute Gasteiger partial charge is 0.341 e. The SMILES string of the molecule is Nc1ccc(Oc2ncn(-c3ccccc3)n2)cc1N. The summed E-state index contributed by atoms with van der Waals surface area (Å²) in [6, 6.07) is 14.9. The second-order valence-electron chi connectivity index (χ2n) is 4.20. The predicted octanol–water partition coefficient (Wildman–Crippen LogP) is 2.22. The van der Waals surface area contributed by atoms with Gasteiger partial charge in [0.25, 0.3) is 0 Å². The van der Waals surface area contributed by atoms with Crippen LogP contribution in [0.5, 0.6) is 11.8 Å². The second-order valence-corrected chi connectivity index (χ2v) is 4.20. The van der Waals surface area contributed by atoms with Crippen LogP contribution in [0.15, 0.2) is 54.9 Å². The number of nitrogens with zero attached hydrogens (tertiary/aromatic N) is 3. The van der Waals surface area contributed by atoms with E-state index in [1.807, 2.05) is 30.3 Å². The highest BCUT2D eigenvalue weighted by molar-refractivity contribution is 5.65. The van der Waals surface area contributed by atoms with E-state index in [4.69, 9.17) is 16.2 Å². The first-order valence-corrected chi connectivity index (χ1v) is 6.02. The first kappa shape index (κ1) is 12.0. The number of nitrogens with two attached hydrogens (primary N) is 2. The van der Waals surface area contributed by atoms with Crippen molar-refractivity contribution < 1.29 is 4.74 Å². The predicted molar refractivity (Wildman–Crippen MR) is 76.7 cm³/mol. The highest BCUT2D eigenvalue weighted by Gasteiger charge is 2.06. The number of benzene rings is 2. The molecule has 100 valence electrons. The Kier molecular flexibility index (Phi) is 2.96. The van der Waals surface area contributed by atoms with Crippen molar-refractivity contribution in [3.05, 3.63) is 54.9 Å². The molecule has 0 spiro atoms. The van der Waals surface area contributed by atoms with E-state index in [-0.39, 0.29) is 6.01 Å². The number of aromatic nitrogens is 3. The lowest BCUT2D eigenvalue weighted by molar-refractivity contribution is 0.442. The number of anilines is 2. The fourth-order valence-corrected chi connectivity index (χ4v) is 1.72. The van der Waals surface area contributed by atoms with Crippen LogP contribution in [-0.4, -0.2) is 14.8 Å². The fraction of sp³-hybridized carbons (Fsp3) is 0. The van der Waals surface area contributed by atoms with E-state index in [1.165, 1.54) is 0 Å². The van der Waals surface area contributed by atoms with Gasteiger partial charge in [-0.1, -0.05) is 18.2 Å². The number of ether oxygens (including phenoxy) is 1. The lowest BCUT2D eigenvalue weighted by Gasteiger charge is -2.04. The fourth-order valence-electron chi connectivity index (χ4n) is 1.72. The molecule has 1 heterocycles. The number of rotatable bonds is 3. The second kappa shape index (κ2) is 4.93. The highest BCUT2D eigenvalue weighted by atomic mass is 16.5. The van der Waals surface area contributed by atoms with Gasteiger partial charge in [-0.05, 0) is 24.3 Å². The van der Waals surface area contributed by atoms with E-state index < -0.39 is 0 Å². The summed E-state index contributed by atoms with van der Waals surface area (Å²) in [5, 5.41) is 4.24. The molecule has 0 atom stereocenters. The quantitative estimate of drug-likeness (QED) is 0.710. The van der Waals surface area contributed by atoms with Crippen molar-refractivity contribution in [2.24, 2.45) is 0 Å². The van der Waals surface area contributed by atoms with E-state index in [0.29, 0.717) is 17.1 Å². The topological polar surface area (TPSA) is 92.0 Å². The summed E-state index contributed by atoms with van der Waals surface area (Å²) in [4.78, 5) is 4.10. The normalized spacial score (nSPS) is 10.4. The monoisotopic (exact) mass is 267 g/mol. The van der Waals surface area contributed by atoms with Crippen molar-refractivity contribution in [2.75, 3.05) is 11.5 Å². The largest absolute Gasteiger partial charge is 0.423 e. The third kappa shape index (κ3) is 2.39. The molecular weight excluding hydrogens is 254 g/mol. The summed E-state index contributed by atoms with van der Waals surface area (Å²) < 4.78 is 7.17. The molecule has 6 heteroatoms. The van der Waals surface area contributed by atoms with Gasteiger partial charge in [-0.15, -0.1) is 5.10 Å². The molecule has 0 unspecified atom stereocenters. The van der Waals surface area contributed by atoms with Crippen LogP contribution in [0.25, 0.3) is 5.69 Å². The molecule has 6 nitrogen and oxygen atoms in total. The van der Waals surface area contributed by atoms with Crippen molar-refractivity contribution in [1.82, 2.24) is 14.8 Å². The Hall–Kier alpha value is -3.02. The Morgan fingerprint density at radius 3 is 2.50 bits per heavy atom. The van der Waals surface area contributed by atoms with Crippen LogP contribution < -0.4 is 16.2 Å². The van der Waals surface area contributed by atoms with Gasteiger partial charge < -0.3 is 16.2 Å². The molecule has 2 aromatic carbocycles. The standard InChI is InChI=1S/C14H13N5O/c15-12-7-6-11(8-13(12)16)20-14-17-9-19(18-14)10-4-2-1-3-5-10/h1-9H,15-16H2. The molecule has 1 aromatic heterocycles. The summed E-state index contributed by atoms with van der Waals surface area (Å²) in [5.41, 5.74) is 13.3. The third-order valence-electron chi connectivity index (χ3n) is 2.76. The molecular formula is C14H13N5O. The molecule has 0 radical (unpaired) electrons. The average Bonchev–Trinajstić information content (AvgIpc) is 2.92. The van der Waals surface area contributed by atoms with Gasteiger partial charge in [0.2, 0.25) is 0 Å². The van der Waals surface area contributed by atoms with E-state index >= 15 is 0 Å². The van der Waals surface area contributed by atoms with Crippen LogP contribution in [-0.2, 0) is 0 Å². The Bertz CT molecular complexity index is 723. The Morgan fingerprint density at radius 1 is 0.950 bits per heavy atom. The summed E-state index contributed by atoms with van der Waals surface area (Å²) in [7, 11) is 0. The van der Waals surface area contributed by atoms with Crippen LogP contribution in [0.1, 0.15) is 0 Å². The molecule has 0 aliphatic rings. The molecule has 0 saturated carbocycles. The van der Waals surface area contributed by atoms with E-state index in [0.717, 1.165) is 5.69 Å². The Morgan fingerprint density at radius 2 is 1.75 bits per heavy atom. The maximum Gasteiger partial charge on any atom is 0.341 e. The van der Waals surface area contributed by atoms with E-state index in [9.17, 15) is 0 Å². The van der Waals surface area contributed by atoms with E-state index in [1.54, 1.807) is 29.2 Å². The minimum atomic E-state index is 0.248. The van der Waals surface area contributed by atoms with E-state index in [2.05, 4.69) is 10.1 Å². The van der Waals surface area contributed by atoms with Crippen LogP contribution in [0.3, 0.4) is 0 Å². The summed E-state index contributed by atoms with van der Waals surface area (Å²) >= 11 is 0. The van der Waals surface area contributed by atoms with Crippen molar-refractivity contribution in [3.63, 3.8) is 0 Å². The van der Waals surface area contributed by atoms with Gasteiger partial charge in [-0.25, -0.2) is 4.68 Å². The van der Waals surface area contributed by atoms with Gasteiger partial charge in [0, 0.05) is 6.07 Å². The molecule has 20 heavy (non-hydrogen) atoms. The van der Waals surface area contributed by atoms with Crippen LogP contribution >= 0.6 is 0 Å². The van der Waals surface area contributed by atoms with Gasteiger partial charge in [-0.3, -0.25) is 0 Å². The van der Waals surface area contributed by atoms with Gasteiger partial charge in [0.1, 0.15) is 12.1 Å². The van der Waals surface area contributed by atoms with Gasteiger partial charge in [-0.2, -0.15) is 4.98 Å². The molecule has 0 amide bonds. The van der Waals surface area contributed by atoms with Crippen LogP contribution in [0.2, 0.25) is 0 Å². The molecule has 4 N–H and O–H groups in total. The minimum Gasteiger partial charge on any atom is -0.423 e. The molecule has 3 aromatic rings. The number of hydrogen-bond donors (Lipinski definition) is 2. The zero-order valence-corrected chi connectivity index (χ0v) is 10.6. The van der Waals surface area contributed by atoms with Crippen molar-refractivity contribution >= 4 is 11.4 Å².